The van der Waals surface area contributed by atoms with Crippen LogP contribution in [0.3, 0.4) is 0 Å². The summed E-state index contributed by atoms with van der Waals surface area (Å²) in [6, 6.07) is 3.85. The summed E-state index contributed by atoms with van der Waals surface area (Å²) in [6.45, 7) is 4.51. The van der Waals surface area contributed by atoms with Crippen molar-refractivity contribution in [3.63, 3.8) is 0 Å². The number of methoxy groups -OCH3 is 2. The Morgan fingerprint density at radius 3 is 2.63 bits per heavy atom. The monoisotopic (exact) mass is 439 g/mol. The van der Waals surface area contributed by atoms with Gasteiger partial charge in [0.25, 0.3) is 0 Å². The van der Waals surface area contributed by atoms with Crippen LogP contribution in [-0.2, 0) is 25.7 Å². The topological polar surface area (TPSA) is 57.2 Å². The Morgan fingerprint density at radius 1 is 1.27 bits per heavy atom. The van der Waals surface area contributed by atoms with E-state index >= 15 is 0 Å². The number of amides is 1. The highest BCUT2D eigenvalue weighted by Crippen LogP contribution is 2.36. The third-order valence-electron chi connectivity index (χ3n) is 4.69. The quantitative estimate of drug-likeness (QED) is 0.184. The van der Waals surface area contributed by atoms with Crippen LogP contribution in [0.15, 0.2) is 35.9 Å². The number of rotatable bonds is 13. The molecule has 1 aromatic rings. The van der Waals surface area contributed by atoms with Crippen molar-refractivity contribution in [1.82, 2.24) is 0 Å². The van der Waals surface area contributed by atoms with E-state index in [0.29, 0.717) is 42.3 Å². The summed E-state index contributed by atoms with van der Waals surface area (Å²) in [5.41, 5.74) is 2.82. The number of allylic oxidation sites excluding steroid dienone is 3. The van der Waals surface area contributed by atoms with Crippen molar-refractivity contribution in [1.29, 1.82) is 0 Å². The van der Waals surface area contributed by atoms with Crippen LogP contribution in [0.5, 0.6) is 5.75 Å². The molecule has 0 bridgehead atoms. The van der Waals surface area contributed by atoms with Crippen LogP contribution in [0.4, 0.5) is 5.69 Å². The Bertz CT molecular complexity index is 733. The van der Waals surface area contributed by atoms with E-state index in [1.165, 1.54) is 7.11 Å². The average Bonchev–Trinajstić information content (AvgIpc) is 2.74. The van der Waals surface area contributed by atoms with Crippen molar-refractivity contribution in [2.24, 2.45) is 0 Å². The molecule has 0 aliphatic rings. The lowest BCUT2D eigenvalue weighted by molar-refractivity contribution is -0.271. The molecule has 168 valence electrons. The van der Waals surface area contributed by atoms with Crippen LogP contribution in [0.2, 0.25) is 5.02 Å². The molecule has 1 aromatic carbocycles. The van der Waals surface area contributed by atoms with Crippen LogP contribution in [-0.4, -0.2) is 47.0 Å². The van der Waals surface area contributed by atoms with E-state index in [0.717, 1.165) is 17.6 Å². The van der Waals surface area contributed by atoms with Crippen molar-refractivity contribution in [2.75, 3.05) is 39.9 Å². The van der Waals surface area contributed by atoms with Gasteiger partial charge < -0.3 is 14.4 Å². The van der Waals surface area contributed by atoms with Crippen LogP contribution >= 0.6 is 11.6 Å². The molecule has 0 saturated carbocycles. The first-order chi connectivity index (χ1) is 14.3. The summed E-state index contributed by atoms with van der Waals surface area (Å²) < 4.78 is 10.7. The number of benzene rings is 1. The maximum atomic E-state index is 12.6. The first-order valence-corrected chi connectivity index (χ1v) is 10.3. The van der Waals surface area contributed by atoms with E-state index in [2.05, 4.69) is 17.9 Å². The van der Waals surface area contributed by atoms with Crippen molar-refractivity contribution < 1.29 is 24.0 Å². The fourth-order valence-corrected chi connectivity index (χ4v) is 3.10. The van der Waals surface area contributed by atoms with Gasteiger partial charge in [-0.3, -0.25) is 4.79 Å². The molecule has 6 nitrogen and oxygen atoms in total. The molecule has 0 spiro atoms. The van der Waals surface area contributed by atoms with Crippen molar-refractivity contribution in [2.45, 2.75) is 45.6 Å². The van der Waals surface area contributed by atoms with E-state index in [1.54, 1.807) is 26.2 Å². The molecular formula is C23H34ClNO5. The zero-order chi connectivity index (χ0) is 22.5. The second-order valence-corrected chi connectivity index (χ2v) is 7.44. The maximum Gasteiger partial charge on any atom is 0.226 e. The van der Waals surface area contributed by atoms with E-state index in [9.17, 15) is 4.79 Å². The van der Waals surface area contributed by atoms with E-state index in [1.807, 2.05) is 31.2 Å². The third-order valence-corrected chi connectivity index (χ3v) is 5.07. The van der Waals surface area contributed by atoms with E-state index in [-0.39, 0.29) is 12.0 Å². The molecule has 1 rings (SSSR count). The minimum absolute atomic E-state index is 0.0199. The number of hydrogen-bond donors (Lipinski definition) is 0. The number of anilines is 1. The lowest BCUT2D eigenvalue weighted by Crippen LogP contribution is -2.27. The lowest BCUT2D eigenvalue weighted by atomic mass is 10.0. The second kappa shape index (κ2) is 14.2. The molecule has 7 heteroatoms. The van der Waals surface area contributed by atoms with Gasteiger partial charge in [-0.25, -0.2) is 9.78 Å². The van der Waals surface area contributed by atoms with Gasteiger partial charge in [0.05, 0.1) is 32.6 Å². The Morgan fingerprint density at radius 2 is 2.00 bits per heavy atom. The molecule has 0 aliphatic heterocycles. The standard InChI is InChI=1S/C23H34ClNO5/c1-17(10-8-7-9-13-30-29-6)14-19-15-20(23(24)21(16-19)28-5)25(3)22(26)12-11-18(2)27-4/h7-8,10,15-16,18H,9,11-14H2,1-6H3/b8-7+,17-10+/t18-/m0/s1. The zero-order valence-electron chi connectivity index (χ0n) is 18.9. The largest absolute Gasteiger partial charge is 0.495 e. The Labute approximate surface area is 185 Å². The third kappa shape index (κ3) is 8.88. The average molecular weight is 440 g/mol. The Hall–Kier alpha value is -1.86. The molecule has 0 fully saturated rings. The van der Waals surface area contributed by atoms with Gasteiger partial charge in [0.2, 0.25) is 5.91 Å². The second-order valence-electron chi connectivity index (χ2n) is 7.06. The first kappa shape index (κ1) is 26.2. The smallest absolute Gasteiger partial charge is 0.226 e. The summed E-state index contributed by atoms with van der Waals surface area (Å²) in [5.74, 6) is 0.530. The molecule has 0 heterocycles. The SMILES string of the molecule is COOCC/C=C/C=C(\C)Cc1cc(OC)c(Cl)c(N(C)C(=O)CC[C@H](C)OC)c1. The summed E-state index contributed by atoms with van der Waals surface area (Å²) >= 11 is 6.50. The van der Waals surface area contributed by atoms with E-state index < -0.39 is 0 Å². The van der Waals surface area contributed by atoms with Gasteiger partial charge in [-0.05, 0) is 50.8 Å². The number of halogens is 1. The maximum absolute atomic E-state index is 12.6. The molecule has 0 aromatic heterocycles. The predicted octanol–water partition coefficient (Wildman–Crippen LogP) is 5.14. The number of carbonyl (C=O) groups is 1. The number of hydrogen-bond acceptors (Lipinski definition) is 5. The molecule has 0 unspecified atom stereocenters. The fourth-order valence-electron chi connectivity index (χ4n) is 2.79. The van der Waals surface area contributed by atoms with Gasteiger partial charge in [0, 0.05) is 20.6 Å². The number of nitrogens with zero attached hydrogens (tertiary/aromatic N) is 1. The summed E-state index contributed by atoms with van der Waals surface area (Å²) in [4.78, 5) is 23.6. The van der Waals surface area contributed by atoms with Gasteiger partial charge in [0.1, 0.15) is 10.8 Å². The lowest BCUT2D eigenvalue weighted by Gasteiger charge is -2.22. The van der Waals surface area contributed by atoms with Crippen molar-refractivity contribution in [3.8, 4) is 5.75 Å². The van der Waals surface area contributed by atoms with E-state index in [4.69, 9.17) is 26.0 Å². The minimum Gasteiger partial charge on any atom is -0.495 e. The molecule has 0 N–H and O–H groups in total. The molecule has 0 aliphatic carbocycles. The molecular weight excluding hydrogens is 406 g/mol. The Kier molecular flexibility index (Phi) is 12.4. The van der Waals surface area contributed by atoms with Gasteiger partial charge in [-0.1, -0.05) is 35.4 Å². The van der Waals surface area contributed by atoms with Gasteiger partial charge in [-0.15, -0.1) is 0 Å². The summed E-state index contributed by atoms with van der Waals surface area (Å²) in [7, 11) is 6.44. The van der Waals surface area contributed by atoms with Crippen molar-refractivity contribution in [3.05, 3.63) is 46.5 Å². The van der Waals surface area contributed by atoms with Gasteiger partial charge >= 0.3 is 0 Å². The van der Waals surface area contributed by atoms with Crippen LogP contribution in [0.1, 0.15) is 38.7 Å². The predicted molar refractivity (Wildman–Crippen MR) is 121 cm³/mol. The fraction of sp³-hybridized carbons (Fsp3) is 0.522. The van der Waals surface area contributed by atoms with Crippen LogP contribution in [0, 0.1) is 0 Å². The summed E-state index contributed by atoms with van der Waals surface area (Å²) in [5, 5.41) is 0.427. The minimum atomic E-state index is -0.0199. The highest BCUT2D eigenvalue weighted by atomic mass is 35.5. The summed E-state index contributed by atoms with van der Waals surface area (Å²) in [6.07, 6.45) is 8.60. The number of ether oxygens (including phenoxy) is 2. The highest BCUT2D eigenvalue weighted by molar-refractivity contribution is 6.35. The Balaban J connectivity index is 2.93. The molecule has 30 heavy (non-hydrogen) atoms. The molecule has 0 saturated heterocycles. The van der Waals surface area contributed by atoms with Gasteiger partial charge in [0.15, 0.2) is 0 Å². The van der Waals surface area contributed by atoms with Crippen molar-refractivity contribution >= 4 is 23.2 Å². The first-order valence-electron chi connectivity index (χ1n) is 9.97. The molecule has 1 amide bonds. The van der Waals surface area contributed by atoms with Gasteiger partial charge in [-0.2, -0.15) is 0 Å². The molecule has 0 radical (unpaired) electrons. The molecule has 1 atom stereocenters. The number of carbonyl (C=O) groups excluding carboxylic acids is 1. The van der Waals surface area contributed by atoms with Crippen LogP contribution in [0.25, 0.3) is 0 Å². The zero-order valence-corrected chi connectivity index (χ0v) is 19.6. The highest BCUT2D eigenvalue weighted by Gasteiger charge is 2.19. The normalized spacial score (nSPS) is 13.0. The van der Waals surface area contributed by atoms with Crippen LogP contribution < -0.4 is 9.64 Å².